The maximum atomic E-state index is 13.3. The molecular weight excluding hydrogens is 397 g/mol. The molecule has 4 nitrogen and oxygen atoms in total. The lowest BCUT2D eigenvalue weighted by Crippen LogP contribution is -2.27. The minimum Gasteiger partial charge on any atom is -0.483 e. The highest BCUT2D eigenvalue weighted by molar-refractivity contribution is 5.94. The number of benzene rings is 1. The summed E-state index contributed by atoms with van der Waals surface area (Å²) in [4.78, 5) is 16.0. The molecule has 0 saturated carbocycles. The summed E-state index contributed by atoms with van der Waals surface area (Å²) in [7, 11) is 0. The number of aromatic nitrogens is 1. The van der Waals surface area contributed by atoms with E-state index in [1.807, 2.05) is 0 Å². The van der Waals surface area contributed by atoms with E-state index < -0.39 is 47.9 Å². The van der Waals surface area contributed by atoms with E-state index in [0.29, 0.717) is 12.1 Å². The Balaban J connectivity index is 2.06. The number of amides is 1. The minimum atomic E-state index is -4.96. The van der Waals surface area contributed by atoms with Gasteiger partial charge in [-0.05, 0) is 37.3 Å². The van der Waals surface area contributed by atoms with Gasteiger partial charge >= 0.3 is 12.4 Å². The summed E-state index contributed by atoms with van der Waals surface area (Å²) in [6.07, 6.45) is -8.45. The Morgan fingerprint density at radius 1 is 1.14 bits per heavy atom. The predicted molar refractivity (Wildman–Crippen MR) is 83.1 cm³/mol. The summed E-state index contributed by atoms with van der Waals surface area (Å²) < 4.78 is 92.3. The lowest BCUT2D eigenvalue weighted by Gasteiger charge is -2.15. The highest BCUT2D eigenvalue weighted by Gasteiger charge is 2.34. The standard InChI is InChI=1S/C17H13F7N2O2/c1-9(14-5-3-11(7-25-14)28-8-16(19,20)21)26-15(27)10-2-4-13(18)12(6-10)17(22,23)24/h2-7,9H,8H2,1H3,(H,26,27). The van der Waals surface area contributed by atoms with Crippen LogP contribution in [0.2, 0.25) is 0 Å². The highest BCUT2D eigenvalue weighted by Crippen LogP contribution is 2.32. The number of pyridine rings is 1. The van der Waals surface area contributed by atoms with Gasteiger partial charge in [0.15, 0.2) is 6.61 Å². The average Bonchev–Trinajstić information content (AvgIpc) is 2.59. The van der Waals surface area contributed by atoms with E-state index >= 15 is 0 Å². The third kappa shape index (κ3) is 5.83. The van der Waals surface area contributed by atoms with Gasteiger partial charge in [-0.1, -0.05) is 0 Å². The van der Waals surface area contributed by atoms with Crippen molar-refractivity contribution in [1.82, 2.24) is 10.3 Å². The lowest BCUT2D eigenvalue weighted by atomic mass is 10.1. The number of halogens is 7. The number of hydrogen-bond acceptors (Lipinski definition) is 3. The van der Waals surface area contributed by atoms with Gasteiger partial charge < -0.3 is 10.1 Å². The zero-order chi connectivity index (χ0) is 21.1. The van der Waals surface area contributed by atoms with E-state index in [9.17, 15) is 35.5 Å². The lowest BCUT2D eigenvalue weighted by molar-refractivity contribution is -0.153. The first-order valence-electron chi connectivity index (χ1n) is 7.70. The molecule has 1 aromatic heterocycles. The minimum absolute atomic E-state index is 0.145. The molecule has 28 heavy (non-hydrogen) atoms. The Kier molecular flexibility index (Phi) is 6.15. The summed E-state index contributed by atoms with van der Waals surface area (Å²) in [6.45, 7) is -0.0307. The van der Waals surface area contributed by atoms with Gasteiger partial charge in [0, 0.05) is 5.56 Å². The maximum absolute atomic E-state index is 13.3. The summed E-state index contributed by atoms with van der Waals surface area (Å²) in [5.74, 6) is -2.56. The normalized spacial score (nSPS) is 13.1. The molecule has 2 rings (SSSR count). The van der Waals surface area contributed by atoms with Crippen LogP contribution in [0.15, 0.2) is 36.5 Å². The van der Waals surface area contributed by atoms with E-state index in [1.54, 1.807) is 0 Å². The monoisotopic (exact) mass is 410 g/mol. The van der Waals surface area contributed by atoms with E-state index in [-0.39, 0.29) is 11.4 Å². The van der Waals surface area contributed by atoms with Crippen LogP contribution in [0.5, 0.6) is 5.75 Å². The van der Waals surface area contributed by atoms with Crippen molar-refractivity contribution in [3.05, 3.63) is 59.2 Å². The Labute approximate surface area is 154 Å². The number of carbonyl (C=O) groups is 1. The Hall–Kier alpha value is -2.85. The topological polar surface area (TPSA) is 51.2 Å². The SMILES string of the molecule is CC(NC(=O)c1ccc(F)c(C(F)(F)F)c1)c1ccc(OCC(F)(F)F)cn1. The molecule has 0 aliphatic heterocycles. The molecule has 1 atom stereocenters. The smallest absolute Gasteiger partial charge is 0.422 e. The van der Waals surface area contributed by atoms with Crippen LogP contribution in [0.3, 0.4) is 0 Å². The van der Waals surface area contributed by atoms with Crippen LogP contribution in [0, 0.1) is 5.82 Å². The van der Waals surface area contributed by atoms with Crippen molar-refractivity contribution in [3.63, 3.8) is 0 Å². The molecule has 1 N–H and O–H groups in total. The van der Waals surface area contributed by atoms with Crippen LogP contribution in [-0.2, 0) is 6.18 Å². The van der Waals surface area contributed by atoms with Crippen LogP contribution in [-0.4, -0.2) is 23.7 Å². The van der Waals surface area contributed by atoms with E-state index in [2.05, 4.69) is 15.0 Å². The molecular formula is C17H13F7N2O2. The third-order valence-electron chi connectivity index (χ3n) is 3.49. The predicted octanol–water partition coefficient (Wildman–Crippen LogP) is 4.67. The van der Waals surface area contributed by atoms with Gasteiger partial charge in [-0.15, -0.1) is 0 Å². The zero-order valence-electron chi connectivity index (χ0n) is 14.2. The number of alkyl halides is 6. The molecule has 1 aromatic carbocycles. The number of rotatable bonds is 5. The van der Waals surface area contributed by atoms with Crippen molar-refractivity contribution in [2.75, 3.05) is 6.61 Å². The van der Waals surface area contributed by atoms with Crippen molar-refractivity contribution >= 4 is 5.91 Å². The van der Waals surface area contributed by atoms with E-state index in [0.717, 1.165) is 12.3 Å². The molecule has 1 unspecified atom stereocenters. The zero-order valence-corrected chi connectivity index (χ0v) is 14.2. The van der Waals surface area contributed by atoms with Gasteiger partial charge in [0.1, 0.15) is 11.6 Å². The summed E-state index contributed by atoms with van der Waals surface area (Å²) in [5.41, 5.74) is -1.76. The van der Waals surface area contributed by atoms with E-state index in [1.165, 1.54) is 19.1 Å². The highest BCUT2D eigenvalue weighted by atomic mass is 19.4. The molecule has 0 fully saturated rings. The fourth-order valence-corrected chi connectivity index (χ4v) is 2.14. The maximum Gasteiger partial charge on any atom is 0.422 e. The van der Waals surface area contributed by atoms with Gasteiger partial charge in [0.25, 0.3) is 5.91 Å². The summed E-state index contributed by atoms with van der Waals surface area (Å²) in [5, 5.41) is 2.37. The molecule has 0 aliphatic carbocycles. The fraction of sp³-hybridized carbons (Fsp3) is 0.294. The van der Waals surface area contributed by atoms with Crippen molar-refractivity contribution in [1.29, 1.82) is 0 Å². The third-order valence-corrected chi connectivity index (χ3v) is 3.49. The molecule has 0 spiro atoms. The Morgan fingerprint density at radius 3 is 2.36 bits per heavy atom. The first kappa shape index (κ1) is 21.5. The molecule has 1 amide bonds. The molecule has 11 heteroatoms. The number of nitrogens with zero attached hydrogens (tertiary/aromatic N) is 1. The van der Waals surface area contributed by atoms with Gasteiger partial charge in [0.2, 0.25) is 0 Å². The molecule has 0 bridgehead atoms. The summed E-state index contributed by atoms with van der Waals surface area (Å²) in [6, 6.07) is 3.53. The Morgan fingerprint density at radius 2 is 1.82 bits per heavy atom. The fourth-order valence-electron chi connectivity index (χ4n) is 2.14. The first-order valence-corrected chi connectivity index (χ1v) is 7.70. The van der Waals surface area contributed by atoms with Gasteiger partial charge in [-0.25, -0.2) is 4.39 Å². The quantitative estimate of drug-likeness (QED) is 0.729. The van der Waals surface area contributed by atoms with Gasteiger partial charge in [0.05, 0.1) is 23.5 Å². The Bertz CT molecular complexity index is 833. The van der Waals surface area contributed by atoms with Crippen molar-refractivity contribution in [3.8, 4) is 5.75 Å². The molecule has 0 saturated heterocycles. The van der Waals surface area contributed by atoms with Crippen LogP contribution >= 0.6 is 0 Å². The van der Waals surface area contributed by atoms with Crippen LogP contribution in [0.25, 0.3) is 0 Å². The van der Waals surface area contributed by atoms with Gasteiger partial charge in [-0.2, -0.15) is 26.3 Å². The average molecular weight is 410 g/mol. The molecule has 2 aromatic rings. The number of hydrogen-bond donors (Lipinski definition) is 1. The molecule has 1 heterocycles. The number of carbonyl (C=O) groups excluding carboxylic acids is 1. The molecule has 0 radical (unpaired) electrons. The van der Waals surface area contributed by atoms with Gasteiger partial charge in [-0.3, -0.25) is 9.78 Å². The van der Waals surface area contributed by atoms with Crippen LogP contribution in [0.1, 0.15) is 34.6 Å². The molecule has 152 valence electrons. The number of nitrogens with one attached hydrogen (secondary N) is 1. The first-order chi connectivity index (χ1) is 12.9. The van der Waals surface area contributed by atoms with E-state index in [4.69, 9.17) is 0 Å². The summed E-state index contributed by atoms with van der Waals surface area (Å²) >= 11 is 0. The molecule has 0 aliphatic rings. The van der Waals surface area contributed by atoms with Crippen LogP contribution < -0.4 is 10.1 Å². The van der Waals surface area contributed by atoms with Crippen molar-refractivity contribution < 1.29 is 40.3 Å². The second-order valence-corrected chi connectivity index (χ2v) is 5.71. The van der Waals surface area contributed by atoms with Crippen molar-refractivity contribution in [2.45, 2.75) is 25.3 Å². The second-order valence-electron chi connectivity index (χ2n) is 5.71. The van der Waals surface area contributed by atoms with Crippen LogP contribution in [0.4, 0.5) is 30.7 Å². The largest absolute Gasteiger partial charge is 0.483 e. The van der Waals surface area contributed by atoms with Crippen molar-refractivity contribution in [2.24, 2.45) is 0 Å². The second kappa shape index (κ2) is 8.03. The number of ether oxygens (including phenoxy) is 1.